The highest BCUT2D eigenvalue weighted by Crippen LogP contribution is 2.40. The van der Waals surface area contributed by atoms with Gasteiger partial charge in [-0.3, -0.25) is 0 Å². The third-order valence-electron chi connectivity index (χ3n) is 7.65. The molecule has 47 heavy (non-hydrogen) atoms. The van der Waals surface area contributed by atoms with E-state index in [0.29, 0.717) is 25.5 Å². The van der Waals surface area contributed by atoms with Gasteiger partial charge in [0.05, 0.1) is 10.2 Å². The number of rotatable bonds is 15. The molecule has 0 aliphatic heterocycles. The second-order valence-electron chi connectivity index (χ2n) is 12.5. The number of aromatic nitrogens is 1. The molecule has 0 N–H and O–H groups in total. The van der Waals surface area contributed by atoms with Gasteiger partial charge in [-0.25, -0.2) is 4.79 Å². The molecule has 8 heteroatoms. The standard InChI is InChI=1S/C39H42INO5Si/c1-5-44-39(42)38-37(31-16-19-33(20-17-31)45-26-29-12-8-6-9-13-29)34(25-41(38)28-43-22-23-47(2,3)4)32-18-21-36(35(40)24-32)46-27-30-14-10-7-11-15-30/h6-21,24-25H,5,22-23,26-28H2,1-4H3. The van der Waals surface area contributed by atoms with Gasteiger partial charge in [-0.1, -0.05) is 98.5 Å². The molecule has 0 saturated carbocycles. The molecule has 0 saturated heterocycles. The van der Waals surface area contributed by atoms with Crippen molar-refractivity contribution in [2.45, 2.75) is 52.6 Å². The Hall–Kier alpha value is -3.86. The van der Waals surface area contributed by atoms with E-state index < -0.39 is 8.07 Å². The van der Waals surface area contributed by atoms with Crippen molar-refractivity contribution in [3.05, 3.63) is 130 Å². The summed E-state index contributed by atoms with van der Waals surface area (Å²) in [6.07, 6.45) is 2.01. The monoisotopic (exact) mass is 759 g/mol. The van der Waals surface area contributed by atoms with E-state index in [1.165, 1.54) is 0 Å². The van der Waals surface area contributed by atoms with Gasteiger partial charge in [-0.05, 0) is 82.1 Å². The number of carbonyl (C=O) groups excluding carboxylic acids is 1. The fourth-order valence-electron chi connectivity index (χ4n) is 5.11. The number of ether oxygens (including phenoxy) is 4. The van der Waals surface area contributed by atoms with E-state index in [1.54, 1.807) is 0 Å². The first-order chi connectivity index (χ1) is 22.7. The fourth-order valence-corrected chi connectivity index (χ4v) is 6.54. The van der Waals surface area contributed by atoms with Gasteiger partial charge < -0.3 is 23.5 Å². The van der Waals surface area contributed by atoms with E-state index >= 15 is 0 Å². The Morgan fingerprint density at radius 2 is 1.40 bits per heavy atom. The smallest absolute Gasteiger partial charge is 0.355 e. The number of hydrogen-bond acceptors (Lipinski definition) is 5. The largest absolute Gasteiger partial charge is 0.489 e. The third-order valence-corrected chi connectivity index (χ3v) is 10.2. The normalized spacial score (nSPS) is 11.3. The van der Waals surface area contributed by atoms with Crippen LogP contribution in [0.3, 0.4) is 0 Å². The van der Waals surface area contributed by atoms with E-state index in [0.717, 1.165) is 54.5 Å². The average Bonchev–Trinajstić information content (AvgIpc) is 3.45. The molecule has 6 nitrogen and oxygen atoms in total. The maximum Gasteiger partial charge on any atom is 0.355 e. The Labute approximate surface area is 292 Å². The van der Waals surface area contributed by atoms with Crippen molar-refractivity contribution in [1.29, 1.82) is 0 Å². The van der Waals surface area contributed by atoms with Gasteiger partial charge >= 0.3 is 5.97 Å². The lowest BCUT2D eigenvalue weighted by atomic mass is 9.96. The topological polar surface area (TPSA) is 58.9 Å². The molecule has 0 amide bonds. The first-order valence-corrected chi connectivity index (χ1v) is 20.7. The van der Waals surface area contributed by atoms with E-state index in [1.807, 2.05) is 103 Å². The van der Waals surface area contributed by atoms with Crippen LogP contribution in [0.5, 0.6) is 11.5 Å². The molecule has 4 aromatic carbocycles. The zero-order chi connectivity index (χ0) is 33.2. The third kappa shape index (κ3) is 9.59. The zero-order valence-electron chi connectivity index (χ0n) is 27.5. The highest BCUT2D eigenvalue weighted by molar-refractivity contribution is 14.1. The Morgan fingerprint density at radius 1 is 0.787 bits per heavy atom. The second-order valence-corrected chi connectivity index (χ2v) is 19.3. The van der Waals surface area contributed by atoms with Crippen molar-refractivity contribution >= 4 is 36.6 Å². The van der Waals surface area contributed by atoms with E-state index in [9.17, 15) is 4.79 Å². The van der Waals surface area contributed by atoms with Crippen molar-refractivity contribution in [2.24, 2.45) is 0 Å². The number of halogens is 1. The van der Waals surface area contributed by atoms with Crippen LogP contribution >= 0.6 is 22.6 Å². The molecule has 0 fully saturated rings. The minimum Gasteiger partial charge on any atom is -0.489 e. The number of hydrogen-bond donors (Lipinski definition) is 0. The van der Waals surface area contributed by atoms with Crippen LogP contribution in [0.1, 0.15) is 28.5 Å². The molecule has 0 unspecified atom stereocenters. The van der Waals surface area contributed by atoms with Crippen LogP contribution in [-0.2, 0) is 29.4 Å². The van der Waals surface area contributed by atoms with Crippen molar-refractivity contribution < 1.29 is 23.7 Å². The quantitative estimate of drug-likeness (QED) is 0.0461. The summed E-state index contributed by atoms with van der Waals surface area (Å²) in [5.41, 5.74) is 6.22. The molecule has 5 aromatic rings. The lowest BCUT2D eigenvalue weighted by Crippen LogP contribution is -2.22. The van der Waals surface area contributed by atoms with E-state index in [4.69, 9.17) is 18.9 Å². The van der Waals surface area contributed by atoms with Crippen LogP contribution < -0.4 is 9.47 Å². The SMILES string of the molecule is CCOC(=O)c1c(-c2ccc(OCc3ccccc3)cc2)c(-c2ccc(OCc3ccccc3)c(I)c2)cn1COCC[Si](C)(C)C. The summed E-state index contributed by atoms with van der Waals surface area (Å²) >= 11 is 2.32. The van der Waals surface area contributed by atoms with E-state index in [-0.39, 0.29) is 19.3 Å². The van der Waals surface area contributed by atoms with Crippen LogP contribution in [0, 0.1) is 3.57 Å². The zero-order valence-corrected chi connectivity index (χ0v) is 30.7. The molecule has 0 spiro atoms. The van der Waals surface area contributed by atoms with Gasteiger partial charge in [0.2, 0.25) is 0 Å². The average molecular weight is 760 g/mol. The predicted octanol–water partition coefficient (Wildman–Crippen LogP) is 10.1. The van der Waals surface area contributed by atoms with Gasteiger partial charge in [-0.15, -0.1) is 0 Å². The van der Waals surface area contributed by atoms with Crippen molar-refractivity contribution in [2.75, 3.05) is 13.2 Å². The first-order valence-electron chi connectivity index (χ1n) is 15.9. The maximum absolute atomic E-state index is 13.6. The number of nitrogens with zero attached hydrogens (tertiary/aromatic N) is 1. The Morgan fingerprint density at radius 3 is 2.00 bits per heavy atom. The molecule has 0 aliphatic rings. The van der Waals surface area contributed by atoms with Gasteiger partial charge in [0, 0.05) is 32.0 Å². The maximum atomic E-state index is 13.6. The molecule has 0 bridgehead atoms. The molecular weight excluding hydrogens is 717 g/mol. The lowest BCUT2D eigenvalue weighted by Gasteiger charge is -2.16. The van der Waals surface area contributed by atoms with Gasteiger partial charge in [0.15, 0.2) is 0 Å². The van der Waals surface area contributed by atoms with Gasteiger partial charge in [0.25, 0.3) is 0 Å². The van der Waals surface area contributed by atoms with Crippen LogP contribution in [0.15, 0.2) is 109 Å². The minimum atomic E-state index is -1.28. The van der Waals surface area contributed by atoms with Crippen molar-refractivity contribution in [3.8, 4) is 33.8 Å². The fraction of sp³-hybridized carbons (Fsp3) is 0.256. The Kier molecular flexibility index (Phi) is 12.0. The Balaban J connectivity index is 1.50. The van der Waals surface area contributed by atoms with Crippen molar-refractivity contribution in [3.63, 3.8) is 0 Å². The summed E-state index contributed by atoms with van der Waals surface area (Å²) in [7, 11) is -1.28. The van der Waals surface area contributed by atoms with Gasteiger partial charge in [-0.2, -0.15) is 0 Å². The number of carbonyl (C=O) groups is 1. The Bertz CT molecular complexity index is 1750. The first kappa shape index (κ1) is 34.5. The lowest BCUT2D eigenvalue weighted by molar-refractivity contribution is 0.0474. The molecule has 5 rings (SSSR count). The summed E-state index contributed by atoms with van der Waals surface area (Å²) in [5.74, 6) is 1.17. The highest BCUT2D eigenvalue weighted by Gasteiger charge is 2.26. The predicted molar refractivity (Wildman–Crippen MR) is 200 cm³/mol. The van der Waals surface area contributed by atoms with Crippen LogP contribution in [0.25, 0.3) is 22.3 Å². The minimum absolute atomic E-state index is 0.249. The van der Waals surface area contributed by atoms with E-state index in [2.05, 4.69) is 60.4 Å². The van der Waals surface area contributed by atoms with Crippen LogP contribution in [-0.4, -0.2) is 31.8 Å². The molecule has 0 radical (unpaired) electrons. The molecule has 0 aliphatic carbocycles. The highest BCUT2D eigenvalue weighted by atomic mass is 127. The summed E-state index contributed by atoms with van der Waals surface area (Å²) in [6, 6.07) is 35.3. The van der Waals surface area contributed by atoms with Crippen molar-refractivity contribution in [1.82, 2.24) is 4.57 Å². The molecule has 1 aromatic heterocycles. The molecular formula is C39H42INO5Si. The molecule has 0 atom stereocenters. The van der Waals surface area contributed by atoms with Crippen LogP contribution in [0.2, 0.25) is 25.7 Å². The molecule has 1 heterocycles. The summed E-state index contributed by atoms with van der Waals surface area (Å²) < 4.78 is 26.9. The van der Waals surface area contributed by atoms with Gasteiger partial charge in [0.1, 0.15) is 37.1 Å². The van der Waals surface area contributed by atoms with Crippen LogP contribution in [0.4, 0.5) is 0 Å². The number of benzene rings is 4. The summed E-state index contributed by atoms with van der Waals surface area (Å²) in [4.78, 5) is 13.6. The molecule has 244 valence electrons. The number of esters is 1. The summed E-state index contributed by atoms with van der Waals surface area (Å²) in [5, 5.41) is 0. The summed E-state index contributed by atoms with van der Waals surface area (Å²) in [6.45, 7) is 10.9. The second kappa shape index (κ2) is 16.3.